The Morgan fingerprint density at radius 1 is 1.20 bits per heavy atom. The Kier molecular flexibility index (Phi) is 5.11. The van der Waals surface area contributed by atoms with Crippen molar-refractivity contribution in [3.63, 3.8) is 0 Å². The summed E-state index contributed by atoms with van der Waals surface area (Å²) in [4.78, 5) is 9.45. The molecule has 1 unspecified atom stereocenters. The molecule has 4 heteroatoms. The number of ether oxygens (including phenoxy) is 1. The van der Waals surface area contributed by atoms with Crippen molar-refractivity contribution in [3.05, 3.63) is 22.8 Å². The van der Waals surface area contributed by atoms with Gasteiger partial charge in [-0.05, 0) is 65.1 Å². The largest absolute Gasteiger partial charge is 0.367 e. The van der Waals surface area contributed by atoms with Crippen molar-refractivity contribution in [2.24, 2.45) is 0 Å². The van der Waals surface area contributed by atoms with Crippen LogP contribution >= 0.6 is 0 Å². The third kappa shape index (κ3) is 3.36. The Bertz CT molecular complexity index is 430. The fourth-order valence-electron chi connectivity index (χ4n) is 2.81. The van der Waals surface area contributed by atoms with Crippen LogP contribution in [0.1, 0.15) is 55.9 Å². The maximum atomic E-state index is 5.85. The minimum atomic E-state index is -0.283. The number of rotatable bonds is 6. The molecule has 1 aliphatic heterocycles. The summed E-state index contributed by atoms with van der Waals surface area (Å²) in [5, 5.41) is 3.43. The molecule has 1 aromatic heterocycles. The molecule has 0 spiro atoms. The quantitative estimate of drug-likeness (QED) is 0.812. The molecule has 1 aliphatic rings. The molecule has 1 fully saturated rings. The summed E-state index contributed by atoms with van der Waals surface area (Å²) >= 11 is 0. The van der Waals surface area contributed by atoms with E-state index < -0.39 is 0 Å². The predicted molar refractivity (Wildman–Crippen MR) is 80.9 cm³/mol. The number of hydrogen-bond donors (Lipinski definition) is 1. The Hall–Kier alpha value is -1.00. The summed E-state index contributed by atoms with van der Waals surface area (Å²) in [7, 11) is 0. The lowest BCUT2D eigenvalue weighted by atomic mass is 10.0. The maximum Gasteiger partial charge on any atom is 0.160 e. The van der Waals surface area contributed by atoms with E-state index in [1.165, 1.54) is 12.0 Å². The molecule has 0 bridgehead atoms. The molecule has 1 atom stereocenters. The van der Waals surface area contributed by atoms with E-state index in [0.717, 1.165) is 56.2 Å². The Morgan fingerprint density at radius 3 is 2.45 bits per heavy atom. The van der Waals surface area contributed by atoms with Gasteiger partial charge in [0.25, 0.3) is 0 Å². The monoisotopic (exact) mass is 277 g/mol. The van der Waals surface area contributed by atoms with Crippen LogP contribution in [0.5, 0.6) is 0 Å². The molecule has 0 amide bonds. The standard InChI is InChI=1S/C16H27N3O/c1-5-9-17-10-7-14-12(2)18-15(19-13(14)3)16(4)8-6-11-20-16/h17H,5-11H2,1-4H3. The fraction of sp³-hybridized carbons (Fsp3) is 0.750. The third-order valence-corrected chi connectivity index (χ3v) is 4.09. The van der Waals surface area contributed by atoms with Gasteiger partial charge in [-0.25, -0.2) is 9.97 Å². The average molecular weight is 277 g/mol. The van der Waals surface area contributed by atoms with Crippen LogP contribution in [0.4, 0.5) is 0 Å². The third-order valence-electron chi connectivity index (χ3n) is 4.09. The highest BCUT2D eigenvalue weighted by Gasteiger charge is 2.35. The van der Waals surface area contributed by atoms with Crippen molar-refractivity contribution in [2.45, 2.75) is 59.0 Å². The minimum Gasteiger partial charge on any atom is -0.367 e. The SMILES string of the molecule is CCCNCCc1c(C)nc(C2(C)CCCO2)nc1C. The van der Waals surface area contributed by atoms with Crippen LogP contribution in [0.25, 0.3) is 0 Å². The van der Waals surface area contributed by atoms with Crippen molar-refractivity contribution in [2.75, 3.05) is 19.7 Å². The first kappa shape index (κ1) is 15.4. The number of nitrogens with zero attached hydrogens (tertiary/aromatic N) is 2. The zero-order valence-electron chi connectivity index (χ0n) is 13.3. The van der Waals surface area contributed by atoms with Crippen LogP contribution in [0.2, 0.25) is 0 Å². The number of hydrogen-bond acceptors (Lipinski definition) is 4. The van der Waals surface area contributed by atoms with Gasteiger partial charge in [0.2, 0.25) is 0 Å². The van der Waals surface area contributed by atoms with Crippen LogP contribution in [0.15, 0.2) is 0 Å². The van der Waals surface area contributed by atoms with Gasteiger partial charge < -0.3 is 10.1 Å². The van der Waals surface area contributed by atoms with Gasteiger partial charge in [0.1, 0.15) is 5.60 Å². The summed E-state index contributed by atoms with van der Waals surface area (Å²) in [6, 6.07) is 0. The van der Waals surface area contributed by atoms with Crippen molar-refractivity contribution in [1.29, 1.82) is 0 Å². The lowest BCUT2D eigenvalue weighted by Gasteiger charge is -2.23. The average Bonchev–Trinajstić information content (AvgIpc) is 2.85. The first-order valence-electron chi connectivity index (χ1n) is 7.76. The molecule has 1 N–H and O–H groups in total. The lowest BCUT2D eigenvalue weighted by Crippen LogP contribution is -2.25. The second-order valence-electron chi connectivity index (χ2n) is 5.88. The molecule has 1 saturated heterocycles. The molecule has 4 nitrogen and oxygen atoms in total. The molecule has 20 heavy (non-hydrogen) atoms. The number of aryl methyl sites for hydroxylation is 2. The van der Waals surface area contributed by atoms with Crippen LogP contribution in [-0.2, 0) is 16.8 Å². The van der Waals surface area contributed by atoms with E-state index in [2.05, 4.69) is 33.0 Å². The van der Waals surface area contributed by atoms with E-state index in [1.54, 1.807) is 0 Å². The van der Waals surface area contributed by atoms with Crippen LogP contribution < -0.4 is 5.32 Å². The summed E-state index contributed by atoms with van der Waals surface area (Å²) < 4.78 is 5.85. The van der Waals surface area contributed by atoms with E-state index in [9.17, 15) is 0 Å². The lowest BCUT2D eigenvalue weighted by molar-refractivity contribution is 0.00902. The first-order chi connectivity index (χ1) is 9.57. The van der Waals surface area contributed by atoms with Gasteiger partial charge in [-0.15, -0.1) is 0 Å². The second-order valence-corrected chi connectivity index (χ2v) is 5.88. The minimum absolute atomic E-state index is 0.283. The highest BCUT2D eigenvalue weighted by Crippen LogP contribution is 2.33. The highest BCUT2D eigenvalue weighted by atomic mass is 16.5. The van der Waals surface area contributed by atoms with Gasteiger partial charge in [-0.3, -0.25) is 0 Å². The van der Waals surface area contributed by atoms with Gasteiger partial charge >= 0.3 is 0 Å². The zero-order chi connectivity index (χ0) is 14.6. The van der Waals surface area contributed by atoms with E-state index >= 15 is 0 Å². The maximum absolute atomic E-state index is 5.85. The van der Waals surface area contributed by atoms with Gasteiger partial charge in [0.05, 0.1) is 0 Å². The Morgan fingerprint density at radius 2 is 1.90 bits per heavy atom. The molecule has 0 aromatic carbocycles. The Balaban J connectivity index is 2.12. The zero-order valence-corrected chi connectivity index (χ0v) is 13.3. The van der Waals surface area contributed by atoms with Crippen molar-refractivity contribution < 1.29 is 4.74 Å². The topological polar surface area (TPSA) is 47.0 Å². The van der Waals surface area contributed by atoms with Gasteiger partial charge in [0.15, 0.2) is 5.82 Å². The second kappa shape index (κ2) is 6.64. The smallest absolute Gasteiger partial charge is 0.160 e. The highest BCUT2D eigenvalue weighted by molar-refractivity contribution is 5.26. The summed E-state index contributed by atoms with van der Waals surface area (Å²) in [6.07, 6.45) is 4.28. The van der Waals surface area contributed by atoms with E-state index in [-0.39, 0.29) is 5.60 Å². The summed E-state index contributed by atoms with van der Waals surface area (Å²) in [5.74, 6) is 0.857. The number of nitrogens with one attached hydrogen (secondary N) is 1. The van der Waals surface area contributed by atoms with Crippen LogP contribution in [0, 0.1) is 13.8 Å². The van der Waals surface area contributed by atoms with Crippen molar-refractivity contribution in [3.8, 4) is 0 Å². The molecular weight excluding hydrogens is 250 g/mol. The Labute approximate surface area is 122 Å². The van der Waals surface area contributed by atoms with Gasteiger partial charge in [-0.1, -0.05) is 6.92 Å². The molecule has 1 aromatic rings. The molecule has 2 heterocycles. The molecule has 0 aliphatic carbocycles. The van der Waals surface area contributed by atoms with E-state index in [1.807, 2.05) is 0 Å². The van der Waals surface area contributed by atoms with E-state index in [4.69, 9.17) is 14.7 Å². The van der Waals surface area contributed by atoms with Crippen molar-refractivity contribution in [1.82, 2.24) is 15.3 Å². The normalized spacial score (nSPS) is 22.4. The van der Waals surface area contributed by atoms with E-state index in [0.29, 0.717) is 0 Å². The molecular formula is C16H27N3O. The summed E-state index contributed by atoms with van der Waals surface area (Å²) in [6.45, 7) is 11.4. The van der Waals surface area contributed by atoms with Crippen molar-refractivity contribution >= 4 is 0 Å². The summed E-state index contributed by atoms with van der Waals surface area (Å²) in [5.41, 5.74) is 3.19. The van der Waals surface area contributed by atoms with Gasteiger partial charge in [-0.2, -0.15) is 0 Å². The van der Waals surface area contributed by atoms with Gasteiger partial charge in [0, 0.05) is 18.0 Å². The van der Waals surface area contributed by atoms with Crippen LogP contribution in [-0.4, -0.2) is 29.7 Å². The first-order valence-corrected chi connectivity index (χ1v) is 7.76. The molecule has 0 radical (unpaired) electrons. The fourth-order valence-corrected chi connectivity index (χ4v) is 2.81. The molecule has 112 valence electrons. The predicted octanol–water partition coefficient (Wildman–Crippen LogP) is 2.66. The number of aromatic nitrogens is 2. The van der Waals surface area contributed by atoms with Crippen LogP contribution in [0.3, 0.4) is 0 Å². The molecule has 2 rings (SSSR count). The molecule has 0 saturated carbocycles.